The van der Waals surface area contributed by atoms with E-state index in [9.17, 15) is 24.3 Å². The molecule has 7 nitrogen and oxygen atoms in total. The Bertz CT molecular complexity index is 661. The third-order valence-corrected chi connectivity index (χ3v) is 4.57. The van der Waals surface area contributed by atoms with Crippen molar-refractivity contribution in [3.8, 4) is 0 Å². The summed E-state index contributed by atoms with van der Waals surface area (Å²) in [7, 11) is 0. The largest absolute Gasteiger partial charge is 0.481 e. The van der Waals surface area contributed by atoms with Crippen LogP contribution in [0.2, 0.25) is 0 Å². The second kappa shape index (κ2) is 11.2. The molecule has 0 spiro atoms. The predicted molar refractivity (Wildman–Crippen MR) is 102 cm³/mol. The molecule has 0 aliphatic rings. The number of rotatable bonds is 11. The number of ether oxygens (including phenoxy) is 2. The molecule has 0 bridgehead atoms. The maximum atomic E-state index is 12.0. The lowest BCUT2D eigenvalue weighted by Crippen LogP contribution is -2.28. The van der Waals surface area contributed by atoms with E-state index in [4.69, 9.17) is 9.47 Å². The number of hydrogen-bond donors (Lipinski definition) is 1. The summed E-state index contributed by atoms with van der Waals surface area (Å²) in [6.45, 7) is 6.68. The predicted octanol–water partition coefficient (Wildman–Crippen LogP) is 2.75. The zero-order valence-electron chi connectivity index (χ0n) is 16.8. The molecule has 1 N–H and O–H groups in total. The Balaban J connectivity index is 2.84. The van der Waals surface area contributed by atoms with Crippen molar-refractivity contribution < 1.29 is 33.8 Å². The molecule has 0 fully saturated rings. The van der Waals surface area contributed by atoms with Crippen LogP contribution in [0.4, 0.5) is 0 Å². The molecule has 0 saturated heterocycles. The SMILES string of the molecule is CCOC(=O)C(CCc1ccc(C(C)C(C(C)=O)C(=O)O)cc1)C(=O)OCC. The van der Waals surface area contributed by atoms with E-state index in [1.54, 1.807) is 45.0 Å². The molecule has 0 amide bonds. The molecular weight excluding hydrogens is 364 g/mol. The highest BCUT2D eigenvalue weighted by molar-refractivity contribution is 5.98. The number of carbonyl (C=O) groups excluding carboxylic acids is 3. The summed E-state index contributed by atoms with van der Waals surface area (Å²) in [5.74, 6) is -5.27. The first-order chi connectivity index (χ1) is 13.2. The molecular formula is C21H28O7. The van der Waals surface area contributed by atoms with E-state index < -0.39 is 41.4 Å². The van der Waals surface area contributed by atoms with Gasteiger partial charge in [-0.1, -0.05) is 31.2 Å². The van der Waals surface area contributed by atoms with Crippen LogP contribution in [0.5, 0.6) is 0 Å². The van der Waals surface area contributed by atoms with E-state index in [-0.39, 0.29) is 19.6 Å². The van der Waals surface area contributed by atoms with Gasteiger partial charge in [0.05, 0.1) is 13.2 Å². The summed E-state index contributed by atoms with van der Waals surface area (Å²) in [5.41, 5.74) is 1.61. The fourth-order valence-corrected chi connectivity index (χ4v) is 3.05. The van der Waals surface area contributed by atoms with Gasteiger partial charge in [-0.05, 0) is 44.7 Å². The van der Waals surface area contributed by atoms with Gasteiger partial charge in [0.15, 0.2) is 5.92 Å². The van der Waals surface area contributed by atoms with Crippen LogP contribution >= 0.6 is 0 Å². The third kappa shape index (κ3) is 6.48. The highest BCUT2D eigenvalue weighted by Gasteiger charge is 2.31. The molecule has 0 radical (unpaired) electrons. The summed E-state index contributed by atoms with van der Waals surface area (Å²) in [5, 5.41) is 9.26. The van der Waals surface area contributed by atoms with Crippen molar-refractivity contribution in [1.29, 1.82) is 0 Å². The van der Waals surface area contributed by atoms with Crippen LogP contribution in [0.15, 0.2) is 24.3 Å². The maximum Gasteiger partial charge on any atom is 0.320 e. The second-order valence-electron chi connectivity index (χ2n) is 6.55. The Kier molecular flexibility index (Phi) is 9.35. The van der Waals surface area contributed by atoms with Gasteiger partial charge >= 0.3 is 17.9 Å². The molecule has 1 rings (SSSR count). The number of hydrogen-bond acceptors (Lipinski definition) is 6. The van der Waals surface area contributed by atoms with Gasteiger partial charge in [-0.3, -0.25) is 19.2 Å². The topological polar surface area (TPSA) is 107 Å². The van der Waals surface area contributed by atoms with E-state index in [2.05, 4.69) is 0 Å². The summed E-state index contributed by atoms with van der Waals surface area (Å²) in [4.78, 5) is 47.0. The number of aliphatic carboxylic acids is 1. The van der Waals surface area contributed by atoms with Gasteiger partial charge in [-0.15, -0.1) is 0 Å². The summed E-state index contributed by atoms with van der Waals surface area (Å²) < 4.78 is 9.91. The van der Waals surface area contributed by atoms with E-state index >= 15 is 0 Å². The summed E-state index contributed by atoms with van der Waals surface area (Å²) in [6.07, 6.45) is 0.698. The normalized spacial score (nSPS) is 12.9. The zero-order valence-corrected chi connectivity index (χ0v) is 16.8. The van der Waals surface area contributed by atoms with Gasteiger partial charge in [-0.25, -0.2) is 0 Å². The minimum Gasteiger partial charge on any atom is -0.481 e. The second-order valence-corrected chi connectivity index (χ2v) is 6.55. The first kappa shape index (κ1) is 23.3. The van der Waals surface area contributed by atoms with Crippen LogP contribution < -0.4 is 0 Å². The number of benzene rings is 1. The number of carbonyl (C=O) groups is 4. The molecule has 0 aliphatic carbocycles. The van der Waals surface area contributed by atoms with E-state index in [1.165, 1.54) is 6.92 Å². The van der Waals surface area contributed by atoms with Crippen LogP contribution in [0.25, 0.3) is 0 Å². The van der Waals surface area contributed by atoms with E-state index in [0.29, 0.717) is 6.42 Å². The average molecular weight is 392 g/mol. The Labute approximate surface area is 165 Å². The molecule has 0 saturated carbocycles. The highest BCUT2D eigenvalue weighted by atomic mass is 16.6. The lowest BCUT2D eigenvalue weighted by atomic mass is 9.84. The molecule has 7 heteroatoms. The number of ketones is 1. The molecule has 0 aliphatic heterocycles. The molecule has 2 atom stereocenters. The Morgan fingerprint density at radius 3 is 1.86 bits per heavy atom. The van der Waals surface area contributed by atoms with Crippen LogP contribution in [-0.4, -0.2) is 42.0 Å². The number of carboxylic acids is 1. The quantitative estimate of drug-likeness (QED) is 0.456. The van der Waals surface area contributed by atoms with Crippen LogP contribution in [-0.2, 0) is 35.1 Å². The Morgan fingerprint density at radius 2 is 1.46 bits per heavy atom. The van der Waals surface area contributed by atoms with Crippen LogP contribution in [0, 0.1) is 11.8 Å². The first-order valence-corrected chi connectivity index (χ1v) is 9.38. The molecule has 1 aromatic rings. The monoisotopic (exact) mass is 392 g/mol. The smallest absolute Gasteiger partial charge is 0.320 e. The lowest BCUT2D eigenvalue weighted by Gasteiger charge is -2.18. The average Bonchev–Trinajstić information content (AvgIpc) is 2.62. The fraction of sp³-hybridized carbons (Fsp3) is 0.524. The van der Waals surface area contributed by atoms with Crippen molar-refractivity contribution in [2.75, 3.05) is 13.2 Å². The Morgan fingerprint density at radius 1 is 0.964 bits per heavy atom. The highest BCUT2D eigenvalue weighted by Crippen LogP contribution is 2.26. The van der Waals surface area contributed by atoms with Gasteiger partial charge in [0.25, 0.3) is 0 Å². The molecule has 2 unspecified atom stereocenters. The van der Waals surface area contributed by atoms with Gasteiger partial charge < -0.3 is 14.6 Å². The van der Waals surface area contributed by atoms with Crippen molar-refractivity contribution in [1.82, 2.24) is 0 Å². The third-order valence-electron chi connectivity index (χ3n) is 4.57. The van der Waals surface area contributed by atoms with Gasteiger partial charge in [-0.2, -0.15) is 0 Å². The van der Waals surface area contributed by atoms with Crippen molar-refractivity contribution in [2.45, 2.75) is 46.5 Å². The minimum absolute atomic E-state index is 0.183. The standard InChI is InChI=1S/C21H28O7/c1-5-27-20(25)17(21(26)28-6-2)12-9-15-7-10-16(11-8-15)13(3)18(14(4)22)19(23)24/h7-8,10-11,13,17-18H,5-6,9,12H2,1-4H3,(H,23,24). The van der Waals surface area contributed by atoms with Crippen molar-refractivity contribution in [2.24, 2.45) is 11.8 Å². The molecule has 0 aromatic heterocycles. The molecule has 154 valence electrons. The number of Topliss-reactive ketones (excluding diaryl/α,β-unsaturated/α-hetero) is 1. The molecule has 28 heavy (non-hydrogen) atoms. The zero-order chi connectivity index (χ0) is 21.3. The van der Waals surface area contributed by atoms with Crippen molar-refractivity contribution in [3.05, 3.63) is 35.4 Å². The van der Waals surface area contributed by atoms with Gasteiger partial charge in [0.1, 0.15) is 11.7 Å². The number of aryl methyl sites for hydroxylation is 1. The van der Waals surface area contributed by atoms with Crippen molar-refractivity contribution in [3.63, 3.8) is 0 Å². The summed E-state index contributed by atoms with van der Waals surface area (Å²) in [6, 6.07) is 7.14. The van der Waals surface area contributed by atoms with Gasteiger partial charge in [0, 0.05) is 5.92 Å². The first-order valence-electron chi connectivity index (χ1n) is 9.38. The molecule has 1 aromatic carbocycles. The van der Waals surface area contributed by atoms with E-state index in [0.717, 1.165) is 11.1 Å². The fourth-order valence-electron chi connectivity index (χ4n) is 3.05. The summed E-state index contributed by atoms with van der Waals surface area (Å²) >= 11 is 0. The molecule has 0 heterocycles. The van der Waals surface area contributed by atoms with Gasteiger partial charge in [0.2, 0.25) is 0 Å². The Hall–Kier alpha value is -2.70. The number of carboxylic acid groups (broad SMARTS) is 1. The van der Waals surface area contributed by atoms with E-state index in [1.807, 2.05) is 0 Å². The van der Waals surface area contributed by atoms with Crippen LogP contribution in [0.3, 0.4) is 0 Å². The van der Waals surface area contributed by atoms with Crippen molar-refractivity contribution >= 4 is 23.7 Å². The van der Waals surface area contributed by atoms with Crippen LogP contribution in [0.1, 0.15) is 51.2 Å². The maximum absolute atomic E-state index is 12.0. The minimum atomic E-state index is -1.14. The lowest BCUT2D eigenvalue weighted by molar-refractivity contribution is -0.162. The number of esters is 2.